The summed E-state index contributed by atoms with van der Waals surface area (Å²) in [6, 6.07) is 17.7. The fourth-order valence-corrected chi connectivity index (χ4v) is 8.77. The Morgan fingerprint density at radius 2 is 1.57 bits per heavy atom. The third kappa shape index (κ3) is 5.41. The van der Waals surface area contributed by atoms with E-state index in [9.17, 15) is 13.2 Å². The van der Waals surface area contributed by atoms with Crippen LogP contribution in [0, 0.1) is 12.3 Å². The first kappa shape index (κ1) is 29.4. The predicted molar refractivity (Wildman–Crippen MR) is 167 cm³/mol. The minimum absolute atomic E-state index is 0.0713. The van der Waals surface area contributed by atoms with Gasteiger partial charge < -0.3 is 9.47 Å². The van der Waals surface area contributed by atoms with E-state index >= 15 is 0 Å². The lowest BCUT2D eigenvalue weighted by molar-refractivity contribution is -0.141. The lowest BCUT2D eigenvalue weighted by atomic mass is 9.70. The molecular formula is C34H46N4O3S. The molecule has 6 rings (SSSR count). The standard InChI is InChI=1S/C34H46N4O3S/c1-24-35-30-8-6-7-9-31(30)38(24)28-22-26-12-13-27(23-28)37(26)21-18-34(25-10-14-29(15-11-25)42(5,40)41)16-19-36(20-17-34)32(39)33(2,3)4/h6-11,14-15,26-28H,12-13,16-23H2,1-5H3/t26-,27+,28?. The third-order valence-corrected chi connectivity index (χ3v) is 11.5. The average Bonchev–Trinajstić information content (AvgIpc) is 3.41. The van der Waals surface area contributed by atoms with Gasteiger partial charge in [-0.1, -0.05) is 45.0 Å². The molecule has 0 N–H and O–H groups in total. The van der Waals surface area contributed by atoms with Gasteiger partial charge in [0.05, 0.1) is 15.9 Å². The lowest BCUT2D eigenvalue weighted by Crippen LogP contribution is -2.50. The van der Waals surface area contributed by atoms with E-state index in [0.717, 1.165) is 63.1 Å². The van der Waals surface area contributed by atoms with Crippen molar-refractivity contribution in [1.82, 2.24) is 19.4 Å². The molecule has 4 heterocycles. The number of piperidine rings is 2. The fraction of sp³-hybridized carbons (Fsp3) is 0.588. The molecule has 0 radical (unpaired) electrons. The number of hydrogen-bond donors (Lipinski definition) is 0. The summed E-state index contributed by atoms with van der Waals surface area (Å²) in [7, 11) is -3.25. The highest BCUT2D eigenvalue weighted by atomic mass is 32.2. The van der Waals surface area contributed by atoms with Crippen molar-refractivity contribution in [3.05, 3.63) is 59.9 Å². The van der Waals surface area contributed by atoms with Gasteiger partial charge in [-0.05, 0) is 93.7 Å². The van der Waals surface area contributed by atoms with Crippen LogP contribution in [0.25, 0.3) is 11.0 Å². The van der Waals surface area contributed by atoms with Crippen LogP contribution in [0.1, 0.15) is 83.1 Å². The Morgan fingerprint density at radius 3 is 2.17 bits per heavy atom. The van der Waals surface area contributed by atoms with Gasteiger partial charge in [0.25, 0.3) is 0 Å². The van der Waals surface area contributed by atoms with Crippen LogP contribution < -0.4 is 0 Å². The molecular weight excluding hydrogens is 544 g/mol. The first-order chi connectivity index (χ1) is 19.9. The Labute approximate surface area is 251 Å². The van der Waals surface area contributed by atoms with E-state index in [1.165, 1.54) is 30.2 Å². The average molecular weight is 591 g/mol. The van der Waals surface area contributed by atoms with E-state index in [0.29, 0.717) is 23.0 Å². The van der Waals surface area contributed by atoms with Crippen LogP contribution in [-0.4, -0.2) is 71.6 Å². The molecule has 3 atom stereocenters. The summed E-state index contributed by atoms with van der Waals surface area (Å²) in [5.74, 6) is 1.33. The zero-order valence-corrected chi connectivity index (χ0v) is 26.7. The smallest absolute Gasteiger partial charge is 0.227 e. The molecule has 8 heteroatoms. The second-order valence-corrected chi connectivity index (χ2v) is 16.2. The number of likely N-dealkylation sites (tertiary alicyclic amines) is 1. The lowest BCUT2D eigenvalue weighted by Gasteiger charge is -2.46. The number of rotatable bonds is 6. The molecule has 3 fully saturated rings. The summed E-state index contributed by atoms with van der Waals surface area (Å²) >= 11 is 0. The predicted octanol–water partition coefficient (Wildman–Crippen LogP) is 5.91. The topological polar surface area (TPSA) is 75.5 Å². The Morgan fingerprint density at radius 1 is 0.952 bits per heavy atom. The summed E-state index contributed by atoms with van der Waals surface area (Å²) in [5, 5.41) is 0. The van der Waals surface area contributed by atoms with Crippen molar-refractivity contribution >= 4 is 26.8 Å². The highest BCUT2D eigenvalue weighted by Gasteiger charge is 2.44. The summed E-state index contributed by atoms with van der Waals surface area (Å²) in [6.07, 6.45) is 8.89. The van der Waals surface area contributed by atoms with Crippen LogP contribution in [0.15, 0.2) is 53.4 Å². The van der Waals surface area contributed by atoms with E-state index in [4.69, 9.17) is 4.98 Å². The number of sulfone groups is 1. The number of amides is 1. The molecule has 2 bridgehead atoms. The van der Waals surface area contributed by atoms with Crippen LogP contribution >= 0.6 is 0 Å². The molecule has 3 aliphatic heterocycles. The quantitative estimate of drug-likeness (QED) is 0.357. The fourth-order valence-electron chi connectivity index (χ4n) is 8.14. The minimum atomic E-state index is -3.25. The highest BCUT2D eigenvalue weighted by Crippen LogP contribution is 2.45. The van der Waals surface area contributed by atoms with Gasteiger partial charge in [-0.25, -0.2) is 13.4 Å². The van der Waals surface area contributed by atoms with Gasteiger partial charge >= 0.3 is 0 Å². The Hall–Kier alpha value is -2.71. The molecule has 0 spiro atoms. The van der Waals surface area contributed by atoms with Crippen molar-refractivity contribution in [2.45, 2.75) is 101 Å². The number of aryl methyl sites for hydroxylation is 1. The molecule has 42 heavy (non-hydrogen) atoms. The van der Waals surface area contributed by atoms with E-state index in [1.807, 2.05) is 37.8 Å². The molecule has 226 valence electrons. The first-order valence-electron chi connectivity index (χ1n) is 15.7. The van der Waals surface area contributed by atoms with Crippen LogP contribution in [0.3, 0.4) is 0 Å². The normalized spacial score (nSPS) is 24.8. The van der Waals surface area contributed by atoms with E-state index < -0.39 is 9.84 Å². The van der Waals surface area contributed by atoms with Gasteiger partial charge in [0.2, 0.25) is 5.91 Å². The summed E-state index contributed by atoms with van der Waals surface area (Å²) in [4.78, 5) is 23.1. The monoisotopic (exact) mass is 590 g/mol. The molecule has 1 unspecified atom stereocenters. The third-order valence-electron chi connectivity index (χ3n) is 10.4. The van der Waals surface area contributed by atoms with E-state index in [2.05, 4.69) is 40.7 Å². The maximum atomic E-state index is 13.1. The summed E-state index contributed by atoms with van der Waals surface area (Å²) in [5.41, 5.74) is 3.09. The first-order valence-corrected chi connectivity index (χ1v) is 17.5. The molecule has 7 nitrogen and oxygen atoms in total. The molecule has 3 aliphatic rings. The summed E-state index contributed by atoms with van der Waals surface area (Å²) < 4.78 is 26.8. The highest BCUT2D eigenvalue weighted by molar-refractivity contribution is 7.90. The van der Waals surface area contributed by atoms with Gasteiger partial charge in [-0.2, -0.15) is 0 Å². The van der Waals surface area contributed by atoms with Gasteiger partial charge in [0.15, 0.2) is 9.84 Å². The van der Waals surface area contributed by atoms with E-state index in [1.54, 1.807) is 12.1 Å². The van der Waals surface area contributed by atoms with Crippen molar-refractivity contribution in [3.8, 4) is 0 Å². The number of imidazole rings is 1. The molecule has 1 amide bonds. The number of hydrogen-bond acceptors (Lipinski definition) is 5. The van der Waals surface area contributed by atoms with Crippen LogP contribution in [0.2, 0.25) is 0 Å². The molecule has 2 aromatic carbocycles. The van der Waals surface area contributed by atoms with Gasteiger partial charge in [-0.3, -0.25) is 9.69 Å². The minimum Gasteiger partial charge on any atom is -0.342 e. The number of carbonyl (C=O) groups excluding carboxylic acids is 1. The Balaban J connectivity index is 1.21. The maximum absolute atomic E-state index is 13.1. The number of carbonyl (C=O) groups is 1. The molecule has 3 aromatic rings. The SMILES string of the molecule is Cc1nc2ccccc2n1C1C[C@H]2CC[C@@H](C1)N2CCC1(c2ccc(S(C)(=O)=O)cc2)CCN(C(=O)C(C)(C)C)CC1. The second kappa shape index (κ2) is 10.8. The maximum Gasteiger partial charge on any atom is 0.227 e. The number of benzene rings is 2. The van der Waals surface area contributed by atoms with Gasteiger partial charge in [0, 0.05) is 42.9 Å². The molecule has 1 aromatic heterocycles. The largest absolute Gasteiger partial charge is 0.342 e. The zero-order valence-electron chi connectivity index (χ0n) is 25.8. The summed E-state index contributed by atoms with van der Waals surface area (Å²) in [6.45, 7) is 10.6. The number of para-hydroxylation sites is 2. The Kier molecular flexibility index (Phi) is 7.53. The van der Waals surface area contributed by atoms with Gasteiger partial charge in [0.1, 0.15) is 5.82 Å². The molecule has 0 saturated carbocycles. The number of fused-ring (bicyclic) bond motifs is 3. The van der Waals surface area contributed by atoms with Crippen LogP contribution in [0.4, 0.5) is 0 Å². The van der Waals surface area contributed by atoms with Crippen molar-refractivity contribution in [2.24, 2.45) is 5.41 Å². The van der Waals surface area contributed by atoms with Crippen molar-refractivity contribution in [3.63, 3.8) is 0 Å². The van der Waals surface area contributed by atoms with Crippen molar-refractivity contribution in [1.29, 1.82) is 0 Å². The Bertz CT molecular complexity index is 1550. The second-order valence-electron chi connectivity index (χ2n) is 14.1. The van der Waals surface area contributed by atoms with Gasteiger partial charge in [-0.15, -0.1) is 0 Å². The van der Waals surface area contributed by atoms with E-state index in [-0.39, 0.29) is 16.7 Å². The van der Waals surface area contributed by atoms with Crippen LogP contribution in [-0.2, 0) is 20.0 Å². The van der Waals surface area contributed by atoms with Crippen molar-refractivity contribution < 1.29 is 13.2 Å². The van der Waals surface area contributed by atoms with Crippen LogP contribution in [0.5, 0.6) is 0 Å². The zero-order chi connectivity index (χ0) is 29.9. The molecule has 0 aliphatic carbocycles. The number of aromatic nitrogens is 2. The molecule has 3 saturated heterocycles. The number of nitrogens with zero attached hydrogens (tertiary/aromatic N) is 4. The van der Waals surface area contributed by atoms with Crippen molar-refractivity contribution in [2.75, 3.05) is 25.9 Å².